The molecule has 1 saturated heterocycles. The molecule has 9 heteroatoms. The van der Waals surface area contributed by atoms with E-state index in [1.807, 2.05) is 18.2 Å². The Kier molecular flexibility index (Phi) is 8.43. The summed E-state index contributed by atoms with van der Waals surface area (Å²) in [5.41, 5.74) is 0.0845. The number of aryl methyl sites for hydroxylation is 1. The summed E-state index contributed by atoms with van der Waals surface area (Å²) in [5.74, 6) is 0.231. The zero-order valence-electron chi connectivity index (χ0n) is 20.0. The number of piperidine rings is 1. The fraction of sp³-hybridized carbons (Fsp3) is 0.480. The van der Waals surface area contributed by atoms with Gasteiger partial charge in [-0.15, -0.1) is 0 Å². The number of carbonyl (C=O) groups is 1. The normalized spacial score (nSPS) is 18.9. The molecule has 0 spiro atoms. The highest BCUT2D eigenvalue weighted by molar-refractivity contribution is 7.88. The molecule has 186 valence electrons. The minimum atomic E-state index is -3.82. The monoisotopic (exact) mass is 491 g/mol. The Labute approximate surface area is 201 Å². The van der Waals surface area contributed by atoms with E-state index in [4.69, 9.17) is 14.2 Å². The quantitative estimate of drug-likeness (QED) is 0.509. The molecule has 0 aliphatic carbocycles. The maximum absolute atomic E-state index is 13.4. The summed E-state index contributed by atoms with van der Waals surface area (Å²) in [6.07, 6.45) is 2.86. The van der Waals surface area contributed by atoms with Crippen molar-refractivity contribution in [3.8, 4) is 17.2 Å². The van der Waals surface area contributed by atoms with Gasteiger partial charge in [-0.1, -0.05) is 30.3 Å². The van der Waals surface area contributed by atoms with Gasteiger partial charge < -0.3 is 19.3 Å². The molecule has 1 N–H and O–H groups in total. The van der Waals surface area contributed by atoms with Crippen molar-refractivity contribution in [1.29, 1.82) is 0 Å². The van der Waals surface area contributed by atoms with Gasteiger partial charge in [0.2, 0.25) is 15.8 Å². The number of aliphatic carboxylic acids is 1. The molecular formula is C25H33NO7S. The molecule has 0 radical (unpaired) electrons. The molecule has 34 heavy (non-hydrogen) atoms. The average molecular weight is 492 g/mol. The molecule has 1 aliphatic heterocycles. The number of methoxy groups -OCH3 is 3. The Morgan fingerprint density at radius 3 is 2.21 bits per heavy atom. The second-order valence-corrected chi connectivity index (χ2v) is 10.4. The van der Waals surface area contributed by atoms with E-state index in [1.54, 1.807) is 24.3 Å². The second-order valence-electron chi connectivity index (χ2n) is 8.49. The SMILES string of the molecule is COc1cc(CCCC2(C(=O)O)CCCCN2S(=O)(=O)Cc2ccccc2)cc(OC)c1OC. The van der Waals surface area contributed by atoms with Gasteiger partial charge in [0, 0.05) is 6.54 Å². The van der Waals surface area contributed by atoms with Crippen LogP contribution in [0.2, 0.25) is 0 Å². The standard InChI is InChI=1S/C25H33NO7S/c1-31-21-16-20(17-22(32-2)23(21)33-3)12-9-14-25(24(27)28)13-7-8-15-26(25)34(29,30)18-19-10-5-4-6-11-19/h4-6,10-11,16-17H,7-9,12-15,18H2,1-3H3,(H,27,28). The summed E-state index contributed by atoms with van der Waals surface area (Å²) in [4.78, 5) is 12.5. The first kappa shape index (κ1) is 25.8. The number of ether oxygens (including phenoxy) is 3. The van der Waals surface area contributed by atoms with Crippen LogP contribution in [-0.4, -0.2) is 57.2 Å². The van der Waals surface area contributed by atoms with E-state index in [0.29, 0.717) is 54.9 Å². The topological polar surface area (TPSA) is 102 Å². The number of benzene rings is 2. The van der Waals surface area contributed by atoms with Gasteiger partial charge in [0.05, 0.1) is 27.1 Å². The van der Waals surface area contributed by atoms with Crippen molar-refractivity contribution in [2.24, 2.45) is 0 Å². The van der Waals surface area contributed by atoms with Crippen molar-refractivity contribution in [3.05, 3.63) is 53.6 Å². The molecule has 0 bridgehead atoms. The van der Waals surface area contributed by atoms with Gasteiger partial charge in [-0.2, -0.15) is 4.31 Å². The highest BCUT2D eigenvalue weighted by Gasteiger charge is 2.50. The lowest BCUT2D eigenvalue weighted by atomic mass is 9.83. The number of carboxylic acids is 1. The molecule has 1 aliphatic rings. The summed E-state index contributed by atoms with van der Waals surface area (Å²) in [6.45, 7) is 0.214. The van der Waals surface area contributed by atoms with Gasteiger partial charge in [0.1, 0.15) is 5.54 Å². The van der Waals surface area contributed by atoms with Crippen LogP contribution in [0.4, 0.5) is 0 Å². The van der Waals surface area contributed by atoms with Crippen LogP contribution >= 0.6 is 0 Å². The Balaban J connectivity index is 1.83. The van der Waals surface area contributed by atoms with Crippen molar-refractivity contribution in [3.63, 3.8) is 0 Å². The molecule has 3 rings (SSSR count). The maximum Gasteiger partial charge on any atom is 0.325 e. The van der Waals surface area contributed by atoms with E-state index < -0.39 is 21.5 Å². The molecule has 8 nitrogen and oxygen atoms in total. The van der Waals surface area contributed by atoms with Crippen LogP contribution in [0.5, 0.6) is 17.2 Å². The summed E-state index contributed by atoms with van der Waals surface area (Å²) in [7, 11) is 0.793. The summed E-state index contributed by atoms with van der Waals surface area (Å²) < 4.78 is 44.1. The van der Waals surface area contributed by atoms with Crippen molar-refractivity contribution in [1.82, 2.24) is 4.31 Å². The minimum absolute atomic E-state index is 0.213. The van der Waals surface area contributed by atoms with Crippen molar-refractivity contribution < 1.29 is 32.5 Å². The molecule has 1 atom stereocenters. The summed E-state index contributed by atoms with van der Waals surface area (Å²) in [6, 6.07) is 12.5. The highest BCUT2D eigenvalue weighted by Crippen LogP contribution is 2.40. The Bertz CT molecular complexity index is 1060. The Morgan fingerprint density at radius 2 is 1.65 bits per heavy atom. The molecule has 1 heterocycles. The molecule has 2 aromatic rings. The minimum Gasteiger partial charge on any atom is -0.493 e. The van der Waals surface area contributed by atoms with Crippen LogP contribution < -0.4 is 14.2 Å². The molecule has 0 aromatic heterocycles. The van der Waals surface area contributed by atoms with Crippen LogP contribution in [0.25, 0.3) is 0 Å². The van der Waals surface area contributed by atoms with Gasteiger partial charge >= 0.3 is 5.97 Å². The first-order valence-electron chi connectivity index (χ1n) is 11.3. The Morgan fingerprint density at radius 1 is 1.00 bits per heavy atom. The van der Waals surface area contributed by atoms with Crippen molar-refractivity contribution >= 4 is 16.0 Å². The number of rotatable bonds is 11. The molecule has 2 aromatic carbocycles. The zero-order chi connectivity index (χ0) is 24.8. The molecule has 1 unspecified atom stereocenters. The van der Waals surface area contributed by atoms with Crippen molar-refractivity contribution in [2.75, 3.05) is 27.9 Å². The fourth-order valence-electron chi connectivity index (χ4n) is 4.71. The summed E-state index contributed by atoms with van der Waals surface area (Å²) >= 11 is 0. The van der Waals surface area contributed by atoms with Crippen LogP contribution in [0, 0.1) is 0 Å². The molecular weight excluding hydrogens is 458 g/mol. The molecule has 0 amide bonds. The van der Waals surface area contributed by atoms with Crippen LogP contribution in [0.1, 0.15) is 43.2 Å². The largest absolute Gasteiger partial charge is 0.493 e. The van der Waals surface area contributed by atoms with E-state index in [2.05, 4.69) is 0 Å². The lowest BCUT2D eigenvalue weighted by molar-refractivity contribution is -0.150. The number of carboxylic acid groups (broad SMARTS) is 1. The van der Waals surface area contributed by atoms with Gasteiger partial charge in [0.25, 0.3) is 0 Å². The van der Waals surface area contributed by atoms with E-state index in [0.717, 1.165) is 5.56 Å². The van der Waals surface area contributed by atoms with Crippen LogP contribution in [0.3, 0.4) is 0 Å². The van der Waals surface area contributed by atoms with Gasteiger partial charge in [-0.05, 0) is 61.8 Å². The first-order valence-corrected chi connectivity index (χ1v) is 12.9. The van der Waals surface area contributed by atoms with Crippen LogP contribution in [-0.2, 0) is 27.0 Å². The van der Waals surface area contributed by atoms with Crippen LogP contribution in [0.15, 0.2) is 42.5 Å². The zero-order valence-corrected chi connectivity index (χ0v) is 20.8. The van der Waals surface area contributed by atoms with E-state index in [1.165, 1.54) is 25.6 Å². The lowest BCUT2D eigenvalue weighted by Crippen LogP contribution is -2.59. The summed E-state index contributed by atoms with van der Waals surface area (Å²) in [5, 5.41) is 10.3. The van der Waals surface area contributed by atoms with E-state index >= 15 is 0 Å². The van der Waals surface area contributed by atoms with E-state index in [9.17, 15) is 18.3 Å². The van der Waals surface area contributed by atoms with Gasteiger partial charge in [-0.25, -0.2) is 8.42 Å². The fourth-order valence-corrected chi connectivity index (χ4v) is 6.68. The molecule has 0 saturated carbocycles. The van der Waals surface area contributed by atoms with Gasteiger partial charge in [-0.3, -0.25) is 4.79 Å². The predicted molar refractivity (Wildman–Crippen MR) is 129 cm³/mol. The molecule has 1 fully saturated rings. The number of nitrogens with zero attached hydrogens (tertiary/aromatic N) is 1. The number of hydrogen-bond donors (Lipinski definition) is 1. The number of sulfonamides is 1. The second kappa shape index (κ2) is 11.1. The third-order valence-electron chi connectivity index (χ3n) is 6.39. The predicted octanol–water partition coefficient (Wildman–Crippen LogP) is 3.87. The van der Waals surface area contributed by atoms with E-state index in [-0.39, 0.29) is 18.7 Å². The number of hydrogen-bond acceptors (Lipinski definition) is 6. The highest BCUT2D eigenvalue weighted by atomic mass is 32.2. The lowest BCUT2D eigenvalue weighted by Gasteiger charge is -2.43. The smallest absolute Gasteiger partial charge is 0.325 e. The van der Waals surface area contributed by atoms with Gasteiger partial charge in [0.15, 0.2) is 11.5 Å². The average Bonchev–Trinajstić information content (AvgIpc) is 2.83. The first-order chi connectivity index (χ1) is 16.3. The Hall–Kier alpha value is -2.78. The third-order valence-corrected chi connectivity index (χ3v) is 8.29. The third kappa shape index (κ3) is 5.47. The maximum atomic E-state index is 13.4. The van der Waals surface area contributed by atoms with Crippen molar-refractivity contribution in [2.45, 2.75) is 49.8 Å².